The van der Waals surface area contributed by atoms with E-state index in [1.54, 1.807) is 0 Å². The van der Waals surface area contributed by atoms with Gasteiger partial charge in [0.25, 0.3) is 0 Å². The highest BCUT2D eigenvalue weighted by molar-refractivity contribution is 7.81. The number of aryl methyl sites for hydroxylation is 2. The van der Waals surface area contributed by atoms with Crippen LogP contribution in [0.4, 0.5) is 0 Å². The van der Waals surface area contributed by atoms with Crippen molar-refractivity contribution in [2.45, 2.75) is 13.8 Å². The van der Waals surface area contributed by atoms with Crippen LogP contribution in [-0.4, -0.2) is 16.8 Å². The molecule has 2 nitrogen and oxygen atoms in total. The third-order valence-corrected chi connectivity index (χ3v) is 1.83. The van der Waals surface area contributed by atoms with E-state index in [4.69, 9.17) is 5.11 Å². The lowest BCUT2D eigenvalue weighted by molar-refractivity contribution is -0.133. The second kappa shape index (κ2) is 6.54. The van der Waals surface area contributed by atoms with Crippen LogP contribution < -0.4 is 0 Å². The van der Waals surface area contributed by atoms with Crippen LogP contribution >= 0.6 is 12.6 Å². The molecule has 1 rings (SSSR count). The highest BCUT2D eigenvalue weighted by Gasteiger charge is 1.83. The Bertz CT molecular complexity index is 250. The molecule has 0 fully saturated rings. The molecule has 72 valence electrons. The fourth-order valence-electron chi connectivity index (χ4n) is 0.663. The van der Waals surface area contributed by atoms with Gasteiger partial charge in [0.1, 0.15) is 0 Å². The Balaban J connectivity index is 0.000000252. The molecule has 0 saturated carbocycles. The topological polar surface area (TPSA) is 37.3 Å². The lowest BCUT2D eigenvalue weighted by atomic mass is 10.1. The Kier molecular flexibility index (Phi) is 6.06. The molecular weight excluding hydrogens is 184 g/mol. The van der Waals surface area contributed by atoms with E-state index in [2.05, 4.69) is 50.7 Å². The van der Waals surface area contributed by atoms with E-state index >= 15 is 0 Å². The molecule has 0 saturated heterocycles. The van der Waals surface area contributed by atoms with E-state index in [9.17, 15) is 4.79 Å². The number of carboxylic acids is 1. The third-order valence-electron chi connectivity index (χ3n) is 1.56. The molecule has 0 unspecified atom stereocenters. The second-order valence-electron chi connectivity index (χ2n) is 2.64. The fraction of sp³-hybridized carbons (Fsp3) is 0.300. The summed E-state index contributed by atoms with van der Waals surface area (Å²) in [6, 6.07) is 8.36. The molecule has 0 aromatic heterocycles. The number of thiol groups is 1. The Morgan fingerprint density at radius 3 is 1.77 bits per heavy atom. The van der Waals surface area contributed by atoms with Gasteiger partial charge in [0.05, 0.1) is 5.75 Å². The minimum atomic E-state index is -0.881. The van der Waals surface area contributed by atoms with Crippen molar-refractivity contribution < 1.29 is 9.90 Å². The summed E-state index contributed by atoms with van der Waals surface area (Å²) >= 11 is 3.42. The van der Waals surface area contributed by atoms with Crippen molar-refractivity contribution in [3.63, 3.8) is 0 Å². The van der Waals surface area contributed by atoms with Gasteiger partial charge in [-0.05, 0) is 25.0 Å². The van der Waals surface area contributed by atoms with Gasteiger partial charge in [-0.2, -0.15) is 12.6 Å². The summed E-state index contributed by atoms with van der Waals surface area (Å²) in [5, 5.41) is 7.65. The van der Waals surface area contributed by atoms with Crippen molar-refractivity contribution in [2.24, 2.45) is 0 Å². The summed E-state index contributed by atoms with van der Waals surface area (Å²) in [7, 11) is 0. The molecule has 3 heteroatoms. The van der Waals surface area contributed by atoms with Gasteiger partial charge in [0, 0.05) is 0 Å². The van der Waals surface area contributed by atoms with Gasteiger partial charge < -0.3 is 5.11 Å². The first-order valence-electron chi connectivity index (χ1n) is 3.92. The fourth-order valence-corrected chi connectivity index (χ4v) is 0.663. The first-order chi connectivity index (χ1) is 6.07. The first-order valence-corrected chi connectivity index (χ1v) is 4.56. The summed E-state index contributed by atoms with van der Waals surface area (Å²) in [5.74, 6) is -0.965. The molecule has 0 radical (unpaired) electrons. The maximum absolute atomic E-state index is 9.29. The van der Waals surface area contributed by atoms with Crippen LogP contribution in [0.2, 0.25) is 0 Å². The molecule has 0 aliphatic rings. The molecule has 0 spiro atoms. The highest BCUT2D eigenvalue weighted by atomic mass is 32.1. The SMILES string of the molecule is Cc1ccccc1C.O=C(O)CS. The van der Waals surface area contributed by atoms with Crippen LogP contribution in [0.3, 0.4) is 0 Å². The van der Waals surface area contributed by atoms with Crippen LogP contribution in [-0.2, 0) is 4.79 Å². The van der Waals surface area contributed by atoms with Crippen molar-refractivity contribution in [1.29, 1.82) is 0 Å². The molecule has 0 aliphatic heterocycles. The third kappa shape index (κ3) is 6.22. The number of hydrogen-bond donors (Lipinski definition) is 2. The normalized spacial score (nSPS) is 8.54. The number of carbonyl (C=O) groups is 1. The van der Waals surface area contributed by atoms with Crippen molar-refractivity contribution in [3.8, 4) is 0 Å². The van der Waals surface area contributed by atoms with E-state index in [-0.39, 0.29) is 5.75 Å². The van der Waals surface area contributed by atoms with Crippen LogP contribution in [0.5, 0.6) is 0 Å². The van der Waals surface area contributed by atoms with Gasteiger partial charge in [0.2, 0.25) is 0 Å². The van der Waals surface area contributed by atoms with Crippen LogP contribution in [0.1, 0.15) is 11.1 Å². The predicted octanol–water partition coefficient (Wildman–Crippen LogP) is 2.30. The maximum Gasteiger partial charge on any atom is 0.313 e. The summed E-state index contributed by atoms with van der Waals surface area (Å²) in [5.41, 5.74) is 2.74. The molecule has 0 heterocycles. The molecule has 1 aromatic carbocycles. The average molecular weight is 198 g/mol. The summed E-state index contributed by atoms with van der Waals surface area (Å²) in [6.45, 7) is 4.24. The molecule has 0 bridgehead atoms. The average Bonchev–Trinajstić information content (AvgIpc) is 2.11. The van der Waals surface area contributed by atoms with Gasteiger partial charge in [-0.25, -0.2) is 0 Å². The monoisotopic (exact) mass is 198 g/mol. The lowest BCUT2D eigenvalue weighted by Crippen LogP contribution is -1.92. The zero-order chi connectivity index (χ0) is 10.3. The minimum absolute atomic E-state index is 0.0833. The highest BCUT2D eigenvalue weighted by Crippen LogP contribution is 2.02. The van der Waals surface area contributed by atoms with E-state index in [0.717, 1.165) is 0 Å². The second-order valence-corrected chi connectivity index (χ2v) is 2.95. The number of benzene rings is 1. The Labute approximate surface area is 84.0 Å². The van der Waals surface area contributed by atoms with Gasteiger partial charge >= 0.3 is 5.97 Å². The number of aliphatic carboxylic acids is 1. The number of hydrogen-bond acceptors (Lipinski definition) is 2. The van der Waals surface area contributed by atoms with Crippen LogP contribution in [0.15, 0.2) is 24.3 Å². The predicted molar refractivity (Wildman–Crippen MR) is 57.4 cm³/mol. The van der Waals surface area contributed by atoms with Crippen LogP contribution in [0.25, 0.3) is 0 Å². The Hall–Kier alpha value is -0.960. The summed E-state index contributed by atoms with van der Waals surface area (Å²) in [6.07, 6.45) is 0. The van der Waals surface area contributed by atoms with Crippen molar-refractivity contribution >= 4 is 18.6 Å². The molecule has 1 aromatic rings. The summed E-state index contributed by atoms with van der Waals surface area (Å²) in [4.78, 5) is 9.29. The number of carboxylic acid groups (broad SMARTS) is 1. The number of rotatable bonds is 1. The van der Waals surface area contributed by atoms with Gasteiger partial charge in [-0.15, -0.1) is 0 Å². The molecular formula is C10H14O2S. The Morgan fingerprint density at radius 2 is 1.62 bits per heavy atom. The standard InChI is InChI=1S/C8H10.C2H4O2S/c1-7-5-3-4-6-8(7)2;3-2(4)1-5/h3-6H,1-2H3;5H,1H2,(H,3,4). The molecule has 13 heavy (non-hydrogen) atoms. The summed E-state index contributed by atoms with van der Waals surface area (Å²) < 4.78 is 0. The minimum Gasteiger partial charge on any atom is -0.481 e. The van der Waals surface area contributed by atoms with Gasteiger partial charge in [-0.1, -0.05) is 24.3 Å². The van der Waals surface area contributed by atoms with Crippen molar-refractivity contribution in [3.05, 3.63) is 35.4 Å². The molecule has 1 N–H and O–H groups in total. The molecule has 0 amide bonds. The van der Waals surface area contributed by atoms with E-state index in [0.29, 0.717) is 0 Å². The van der Waals surface area contributed by atoms with Gasteiger partial charge in [0.15, 0.2) is 0 Å². The molecule has 0 aliphatic carbocycles. The smallest absolute Gasteiger partial charge is 0.313 e. The first kappa shape index (κ1) is 12.0. The van der Waals surface area contributed by atoms with E-state index in [1.165, 1.54) is 11.1 Å². The maximum atomic E-state index is 9.29. The van der Waals surface area contributed by atoms with E-state index < -0.39 is 5.97 Å². The molecule has 0 atom stereocenters. The van der Waals surface area contributed by atoms with Crippen molar-refractivity contribution in [1.82, 2.24) is 0 Å². The lowest BCUT2D eigenvalue weighted by Gasteiger charge is -1.93. The largest absolute Gasteiger partial charge is 0.481 e. The van der Waals surface area contributed by atoms with Crippen molar-refractivity contribution in [2.75, 3.05) is 5.75 Å². The Morgan fingerprint density at radius 1 is 1.31 bits per heavy atom. The van der Waals surface area contributed by atoms with Crippen LogP contribution in [0, 0.1) is 13.8 Å². The zero-order valence-electron chi connectivity index (χ0n) is 7.82. The zero-order valence-corrected chi connectivity index (χ0v) is 8.71. The van der Waals surface area contributed by atoms with Gasteiger partial charge in [-0.3, -0.25) is 4.79 Å². The quantitative estimate of drug-likeness (QED) is 0.679. The van der Waals surface area contributed by atoms with E-state index in [1.807, 2.05) is 0 Å².